The molecule has 0 aliphatic rings. The van der Waals surface area contributed by atoms with Crippen LogP contribution in [0.3, 0.4) is 0 Å². The van der Waals surface area contributed by atoms with Gasteiger partial charge in [-0.05, 0) is 20.0 Å². The van der Waals surface area contributed by atoms with Crippen molar-refractivity contribution in [2.75, 3.05) is 20.1 Å². The Kier molecular flexibility index (Phi) is 24.3. The van der Waals surface area contributed by atoms with E-state index in [9.17, 15) is 0 Å². The quantitative estimate of drug-likeness (QED) is 0.216. The fraction of sp³-hybridized carbons (Fsp3) is 1.00. The molecule has 0 saturated heterocycles. The molecule has 0 spiro atoms. The zero-order valence-corrected chi connectivity index (χ0v) is 17.9. The Bertz CT molecular complexity index is 240. The highest BCUT2D eigenvalue weighted by Gasteiger charge is 2.03. The average Bonchev–Trinajstić information content (AvgIpc) is 2.53. The molecule has 0 aromatic rings. The molecular formula is C21H46ClNO2. The van der Waals surface area contributed by atoms with Gasteiger partial charge >= 0.3 is 0 Å². The topological polar surface area (TPSA) is 43.7 Å². The molecule has 0 atom stereocenters. The molecule has 0 radical (unpaired) electrons. The van der Waals surface area contributed by atoms with Gasteiger partial charge in [-0.2, -0.15) is 0 Å². The van der Waals surface area contributed by atoms with Crippen LogP contribution in [-0.2, 0) is 0 Å². The number of unbranched alkanes of at least 4 members (excludes halogenated alkanes) is 15. The average molecular weight is 380 g/mol. The second kappa shape index (κ2) is 22.2. The van der Waals surface area contributed by atoms with E-state index in [4.69, 9.17) is 10.2 Å². The van der Waals surface area contributed by atoms with Crippen molar-refractivity contribution < 1.29 is 10.2 Å². The van der Waals surface area contributed by atoms with Crippen LogP contribution in [0.2, 0.25) is 0 Å². The van der Waals surface area contributed by atoms with Gasteiger partial charge in [0.25, 0.3) is 0 Å². The Morgan fingerprint density at radius 2 is 0.920 bits per heavy atom. The van der Waals surface area contributed by atoms with Crippen molar-refractivity contribution in [3.63, 3.8) is 0 Å². The van der Waals surface area contributed by atoms with Crippen LogP contribution in [0.5, 0.6) is 0 Å². The number of likely N-dealkylation sites (N-methyl/N-ethyl adjacent to an activating group) is 1. The van der Waals surface area contributed by atoms with Crippen molar-refractivity contribution in [3.05, 3.63) is 0 Å². The lowest BCUT2D eigenvalue weighted by molar-refractivity contribution is -0.0573. The summed E-state index contributed by atoms with van der Waals surface area (Å²) >= 11 is 0. The summed E-state index contributed by atoms with van der Waals surface area (Å²) in [4.78, 5) is 1.99. The van der Waals surface area contributed by atoms with Gasteiger partial charge < -0.3 is 15.1 Å². The highest BCUT2D eigenvalue weighted by molar-refractivity contribution is 5.85. The number of halogens is 1. The summed E-state index contributed by atoms with van der Waals surface area (Å²) < 4.78 is 0. The molecule has 0 aliphatic heterocycles. The van der Waals surface area contributed by atoms with Crippen LogP contribution in [-0.4, -0.2) is 41.5 Å². The second-order valence-corrected chi connectivity index (χ2v) is 7.55. The first-order chi connectivity index (χ1) is 11.7. The summed E-state index contributed by atoms with van der Waals surface area (Å²) in [7, 11) is 1.95. The van der Waals surface area contributed by atoms with Crippen molar-refractivity contribution in [1.29, 1.82) is 0 Å². The Morgan fingerprint density at radius 3 is 1.24 bits per heavy atom. The summed E-state index contributed by atoms with van der Waals surface area (Å²) in [6.45, 7) is 3.61. The van der Waals surface area contributed by atoms with E-state index in [2.05, 4.69) is 6.92 Å². The van der Waals surface area contributed by atoms with Crippen molar-refractivity contribution in [3.8, 4) is 0 Å². The van der Waals surface area contributed by atoms with Gasteiger partial charge in [0.15, 0.2) is 6.29 Å². The Labute approximate surface area is 164 Å². The number of hydrogen-bond donors (Lipinski definition) is 2. The maximum absolute atomic E-state index is 8.87. The van der Waals surface area contributed by atoms with Gasteiger partial charge in [0, 0.05) is 6.54 Å². The number of aliphatic hydroxyl groups excluding tert-OH is 1. The summed E-state index contributed by atoms with van der Waals surface area (Å²) in [5.41, 5.74) is 0. The predicted molar refractivity (Wildman–Crippen MR) is 113 cm³/mol. The first-order valence-corrected chi connectivity index (χ1v) is 10.7. The largest absolute Gasteiger partial charge is 0.367 e. The molecule has 154 valence electrons. The van der Waals surface area contributed by atoms with Crippen LogP contribution < -0.4 is 0 Å². The molecular weight excluding hydrogens is 334 g/mol. The lowest BCUT2D eigenvalue weighted by Gasteiger charge is -2.17. The maximum atomic E-state index is 8.87. The van der Waals surface area contributed by atoms with Gasteiger partial charge in [-0.15, -0.1) is 12.4 Å². The molecule has 25 heavy (non-hydrogen) atoms. The monoisotopic (exact) mass is 379 g/mol. The summed E-state index contributed by atoms with van der Waals surface area (Å²) in [6.07, 6.45) is 21.0. The lowest BCUT2D eigenvalue weighted by Crippen LogP contribution is -2.29. The van der Waals surface area contributed by atoms with E-state index in [0.29, 0.717) is 6.54 Å². The SMILES string of the molecule is CCCCCCCCCCCCCCCCCCN(C)CC(O)O.Cl. The highest BCUT2D eigenvalue weighted by Crippen LogP contribution is 2.13. The van der Waals surface area contributed by atoms with Gasteiger partial charge in [0.05, 0.1) is 0 Å². The molecule has 0 amide bonds. The third-order valence-electron chi connectivity index (χ3n) is 4.87. The van der Waals surface area contributed by atoms with Crippen LogP contribution in [0.25, 0.3) is 0 Å². The van der Waals surface area contributed by atoms with Crippen molar-refractivity contribution >= 4 is 12.4 Å². The maximum Gasteiger partial charge on any atom is 0.164 e. The zero-order chi connectivity index (χ0) is 17.9. The van der Waals surface area contributed by atoms with Crippen LogP contribution in [0.1, 0.15) is 110 Å². The van der Waals surface area contributed by atoms with Crippen molar-refractivity contribution in [2.24, 2.45) is 0 Å². The van der Waals surface area contributed by atoms with E-state index in [1.165, 1.54) is 103 Å². The normalized spacial score (nSPS) is 11.3. The van der Waals surface area contributed by atoms with E-state index < -0.39 is 6.29 Å². The number of hydrogen-bond acceptors (Lipinski definition) is 3. The van der Waals surface area contributed by atoms with E-state index in [-0.39, 0.29) is 12.4 Å². The Hall–Kier alpha value is 0.170. The molecule has 0 aromatic carbocycles. The van der Waals surface area contributed by atoms with E-state index in [1.807, 2.05) is 11.9 Å². The highest BCUT2D eigenvalue weighted by atomic mass is 35.5. The van der Waals surface area contributed by atoms with E-state index >= 15 is 0 Å². The minimum atomic E-state index is -1.20. The Balaban J connectivity index is 0. The third-order valence-corrected chi connectivity index (χ3v) is 4.87. The third kappa shape index (κ3) is 24.2. The standard InChI is InChI=1S/C21H45NO2.ClH/c1-3-4-5-6-7-8-9-10-11-12-13-14-15-16-17-18-19-22(2)20-21(23)24;/h21,23-24H,3-20H2,1-2H3;1H. The van der Waals surface area contributed by atoms with Crippen LogP contribution in [0.4, 0.5) is 0 Å². The number of aliphatic hydroxyl groups is 2. The molecule has 0 rings (SSSR count). The summed E-state index contributed by atoms with van der Waals surface area (Å²) in [6, 6.07) is 0. The molecule has 3 nitrogen and oxygen atoms in total. The first kappa shape index (κ1) is 27.4. The van der Waals surface area contributed by atoms with E-state index in [1.54, 1.807) is 0 Å². The predicted octanol–water partition coefficient (Wildman–Crippen LogP) is 5.91. The molecule has 0 bridgehead atoms. The smallest absolute Gasteiger partial charge is 0.164 e. The van der Waals surface area contributed by atoms with Gasteiger partial charge in [-0.3, -0.25) is 0 Å². The molecule has 0 aromatic heterocycles. The van der Waals surface area contributed by atoms with Crippen molar-refractivity contribution in [2.45, 2.75) is 116 Å². The first-order valence-electron chi connectivity index (χ1n) is 10.7. The van der Waals surface area contributed by atoms with Gasteiger partial charge in [0.1, 0.15) is 0 Å². The van der Waals surface area contributed by atoms with Gasteiger partial charge in [0.2, 0.25) is 0 Å². The molecule has 0 heterocycles. The fourth-order valence-corrected chi connectivity index (χ4v) is 3.30. The molecule has 0 unspecified atom stereocenters. The minimum Gasteiger partial charge on any atom is -0.367 e. The fourth-order valence-electron chi connectivity index (χ4n) is 3.30. The van der Waals surface area contributed by atoms with Gasteiger partial charge in [-0.25, -0.2) is 0 Å². The summed E-state index contributed by atoms with van der Waals surface area (Å²) in [5.74, 6) is 0. The zero-order valence-electron chi connectivity index (χ0n) is 17.1. The number of rotatable bonds is 19. The number of nitrogens with zero attached hydrogens (tertiary/aromatic N) is 1. The Morgan fingerprint density at radius 1 is 0.600 bits per heavy atom. The van der Waals surface area contributed by atoms with E-state index in [0.717, 1.165) is 6.54 Å². The van der Waals surface area contributed by atoms with Crippen LogP contribution in [0.15, 0.2) is 0 Å². The molecule has 4 heteroatoms. The minimum absolute atomic E-state index is 0. The van der Waals surface area contributed by atoms with Crippen LogP contribution in [0, 0.1) is 0 Å². The van der Waals surface area contributed by atoms with Crippen molar-refractivity contribution in [1.82, 2.24) is 4.90 Å². The molecule has 0 aliphatic carbocycles. The van der Waals surface area contributed by atoms with Crippen LogP contribution >= 0.6 is 12.4 Å². The summed E-state index contributed by atoms with van der Waals surface area (Å²) in [5, 5.41) is 17.7. The second-order valence-electron chi connectivity index (χ2n) is 7.55. The van der Waals surface area contributed by atoms with Gasteiger partial charge in [-0.1, -0.05) is 103 Å². The molecule has 0 saturated carbocycles. The lowest BCUT2D eigenvalue weighted by atomic mass is 10.0. The molecule has 0 fully saturated rings. The molecule has 2 N–H and O–H groups in total.